The van der Waals surface area contributed by atoms with Crippen LogP contribution in [0.2, 0.25) is 0 Å². The minimum Gasteiger partial charge on any atom is -0.479 e. The lowest BCUT2D eigenvalue weighted by molar-refractivity contribution is -0.149. The molecule has 2 saturated heterocycles. The Morgan fingerprint density at radius 1 is 1.22 bits per heavy atom. The second-order valence-corrected chi connectivity index (χ2v) is 4.90. The smallest absolute Gasteiger partial charge is 0.332 e. The summed E-state index contributed by atoms with van der Waals surface area (Å²) in [6, 6.07) is -0.0583. The van der Waals surface area contributed by atoms with Crippen molar-refractivity contribution < 1.29 is 19.4 Å². The Hall–Kier alpha value is -1.30. The van der Waals surface area contributed by atoms with Crippen LogP contribution in [0, 0.1) is 0 Å². The van der Waals surface area contributed by atoms with E-state index in [4.69, 9.17) is 9.84 Å². The molecule has 2 rings (SSSR count). The molecule has 0 saturated carbocycles. The molecule has 2 N–H and O–H groups in total. The highest BCUT2D eigenvalue weighted by molar-refractivity contribution is 5.74. The Bertz CT molecular complexity index is 315. The van der Waals surface area contributed by atoms with Crippen LogP contribution in [0.15, 0.2) is 0 Å². The Balaban J connectivity index is 1.68. The van der Waals surface area contributed by atoms with E-state index in [0.29, 0.717) is 19.4 Å². The highest BCUT2D eigenvalue weighted by Crippen LogP contribution is 2.19. The van der Waals surface area contributed by atoms with E-state index in [0.717, 1.165) is 25.9 Å². The highest BCUT2D eigenvalue weighted by atomic mass is 16.5. The average molecular weight is 256 g/mol. The van der Waals surface area contributed by atoms with Crippen LogP contribution in [0.25, 0.3) is 0 Å². The number of nitrogens with one attached hydrogen (secondary N) is 1. The largest absolute Gasteiger partial charge is 0.479 e. The molecular formula is C12H20N2O4. The van der Waals surface area contributed by atoms with Gasteiger partial charge in [-0.1, -0.05) is 0 Å². The number of aliphatic carboxylic acids is 1. The molecule has 102 valence electrons. The molecule has 0 spiro atoms. The number of rotatable bonds is 3. The molecule has 0 radical (unpaired) electrons. The first-order chi connectivity index (χ1) is 8.66. The average Bonchev–Trinajstić information content (AvgIpc) is 2.86. The maximum absolute atomic E-state index is 11.8. The molecule has 0 aromatic carbocycles. The Morgan fingerprint density at radius 2 is 1.94 bits per heavy atom. The number of hydrogen-bond acceptors (Lipinski definition) is 3. The minimum atomic E-state index is -0.917. The van der Waals surface area contributed by atoms with Gasteiger partial charge in [0.15, 0.2) is 6.10 Å². The lowest BCUT2D eigenvalue weighted by atomic mass is 10.1. The number of likely N-dealkylation sites (tertiary alicyclic amines) is 1. The number of nitrogens with zero attached hydrogens (tertiary/aromatic N) is 1. The third-order valence-corrected chi connectivity index (χ3v) is 3.51. The first-order valence-corrected chi connectivity index (χ1v) is 6.58. The van der Waals surface area contributed by atoms with E-state index >= 15 is 0 Å². The zero-order chi connectivity index (χ0) is 13.0. The Labute approximate surface area is 106 Å². The maximum Gasteiger partial charge on any atom is 0.332 e. The first kappa shape index (κ1) is 13.1. The van der Waals surface area contributed by atoms with Crippen molar-refractivity contribution in [2.45, 2.75) is 44.3 Å². The lowest BCUT2D eigenvalue weighted by Gasteiger charge is -2.27. The second kappa shape index (κ2) is 6.04. The summed E-state index contributed by atoms with van der Waals surface area (Å²) in [6.45, 7) is 2.03. The van der Waals surface area contributed by atoms with Crippen LogP contribution >= 0.6 is 0 Å². The molecule has 2 unspecified atom stereocenters. The summed E-state index contributed by atoms with van der Waals surface area (Å²) in [5, 5.41) is 11.6. The van der Waals surface area contributed by atoms with Crippen molar-refractivity contribution in [2.75, 3.05) is 19.6 Å². The van der Waals surface area contributed by atoms with Gasteiger partial charge in [0.1, 0.15) is 0 Å². The molecule has 2 atom stereocenters. The Morgan fingerprint density at radius 3 is 2.56 bits per heavy atom. The standard InChI is InChI=1S/C12H20N2O4/c15-11(16)10-5-4-9(18-10)8-13-12(17)14-6-2-1-3-7-14/h9-10H,1-8H2,(H,13,17)(H,15,16). The molecule has 2 amide bonds. The third kappa shape index (κ3) is 3.35. The number of hydrogen-bond donors (Lipinski definition) is 2. The van der Waals surface area contributed by atoms with Crippen molar-refractivity contribution in [1.29, 1.82) is 0 Å². The molecule has 2 aliphatic heterocycles. The maximum atomic E-state index is 11.8. The Kier molecular flexibility index (Phi) is 4.41. The van der Waals surface area contributed by atoms with E-state index in [9.17, 15) is 9.59 Å². The summed E-state index contributed by atoms with van der Waals surface area (Å²) in [5.74, 6) is -0.917. The summed E-state index contributed by atoms with van der Waals surface area (Å²) in [4.78, 5) is 24.3. The van der Waals surface area contributed by atoms with Gasteiger partial charge in [-0.15, -0.1) is 0 Å². The number of amides is 2. The third-order valence-electron chi connectivity index (χ3n) is 3.51. The quantitative estimate of drug-likeness (QED) is 0.783. The summed E-state index contributed by atoms with van der Waals surface area (Å²) in [6.07, 6.45) is 3.66. The van der Waals surface area contributed by atoms with Crippen molar-refractivity contribution in [3.63, 3.8) is 0 Å². The van der Waals surface area contributed by atoms with E-state index in [1.807, 2.05) is 4.90 Å². The van der Waals surface area contributed by atoms with Crippen molar-refractivity contribution in [3.8, 4) is 0 Å². The molecule has 2 heterocycles. The topological polar surface area (TPSA) is 78.9 Å². The van der Waals surface area contributed by atoms with Crippen LogP contribution in [0.3, 0.4) is 0 Å². The van der Waals surface area contributed by atoms with Gasteiger partial charge in [-0.2, -0.15) is 0 Å². The van der Waals surface area contributed by atoms with Crippen LogP contribution in [0.5, 0.6) is 0 Å². The van der Waals surface area contributed by atoms with Gasteiger partial charge in [-0.25, -0.2) is 9.59 Å². The van der Waals surface area contributed by atoms with E-state index < -0.39 is 12.1 Å². The monoisotopic (exact) mass is 256 g/mol. The molecule has 18 heavy (non-hydrogen) atoms. The number of piperidine rings is 1. The molecule has 2 fully saturated rings. The van der Waals surface area contributed by atoms with Crippen LogP contribution in [0.4, 0.5) is 4.79 Å². The fraction of sp³-hybridized carbons (Fsp3) is 0.833. The van der Waals surface area contributed by atoms with Gasteiger partial charge >= 0.3 is 12.0 Å². The van der Waals surface area contributed by atoms with Crippen LogP contribution in [-0.2, 0) is 9.53 Å². The normalized spacial score (nSPS) is 28.1. The van der Waals surface area contributed by atoms with E-state index in [-0.39, 0.29) is 12.1 Å². The summed E-state index contributed by atoms with van der Waals surface area (Å²) >= 11 is 0. The first-order valence-electron chi connectivity index (χ1n) is 6.58. The van der Waals surface area contributed by atoms with E-state index in [1.165, 1.54) is 6.42 Å². The van der Waals surface area contributed by atoms with Crippen LogP contribution in [-0.4, -0.2) is 53.8 Å². The molecule has 0 bridgehead atoms. The SMILES string of the molecule is O=C(O)C1CCC(CNC(=O)N2CCCCC2)O1. The molecular weight excluding hydrogens is 236 g/mol. The predicted molar refractivity (Wildman–Crippen MR) is 64.4 cm³/mol. The number of carbonyl (C=O) groups excluding carboxylic acids is 1. The number of carboxylic acid groups (broad SMARTS) is 1. The van der Waals surface area contributed by atoms with Gasteiger partial charge in [0.2, 0.25) is 0 Å². The van der Waals surface area contributed by atoms with Gasteiger partial charge in [0.05, 0.1) is 6.10 Å². The van der Waals surface area contributed by atoms with Gasteiger partial charge < -0.3 is 20.1 Å². The number of carbonyl (C=O) groups is 2. The summed E-state index contributed by atoms with van der Waals surface area (Å²) in [7, 11) is 0. The van der Waals surface area contributed by atoms with Gasteiger partial charge in [-0.05, 0) is 32.1 Å². The zero-order valence-electron chi connectivity index (χ0n) is 10.4. The highest BCUT2D eigenvalue weighted by Gasteiger charge is 2.30. The van der Waals surface area contributed by atoms with E-state index in [2.05, 4.69) is 5.32 Å². The van der Waals surface area contributed by atoms with Crippen molar-refractivity contribution >= 4 is 12.0 Å². The van der Waals surface area contributed by atoms with Crippen LogP contribution < -0.4 is 5.32 Å². The second-order valence-electron chi connectivity index (χ2n) is 4.90. The summed E-state index contributed by atoms with van der Waals surface area (Å²) in [5.41, 5.74) is 0. The van der Waals surface area contributed by atoms with Gasteiger partial charge in [0, 0.05) is 19.6 Å². The number of ether oxygens (including phenoxy) is 1. The fourth-order valence-corrected chi connectivity index (χ4v) is 2.45. The van der Waals surface area contributed by atoms with E-state index in [1.54, 1.807) is 0 Å². The fourth-order valence-electron chi connectivity index (χ4n) is 2.45. The minimum absolute atomic E-state index is 0.0583. The molecule has 2 aliphatic rings. The molecule has 0 aliphatic carbocycles. The predicted octanol–water partition coefficient (Wildman–Crippen LogP) is 0.814. The van der Waals surface area contributed by atoms with Crippen molar-refractivity contribution in [2.24, 2.45) is 0 Å². The molecule has 0 aromatic rings. The number of carboxylic acids is 1. The van der Waals surface area contributed by atoms with Crippen molar-refractivity contribution in [3.05, 3.63) is 0 Å². The zero-order valence-corrected chi connectivity index (χ0v) is 10.4. The lowest BCUT2D eigenvalue weighted by Crippen LogP contribution is -2.45. The molecule has 0 aromatic heterocycles. The number of urea groups is 1. The van der Waals surface area contributed by atoms with Crippen LogP contribution in [0.1, 0.15) is 32.1 Å². The van der Waals surface area contributed by atoms with Gasteiger partial charge in [0.25, 0.3) is 0 Å². The van der Waals surface area contributed by atoms with Crippen molar-refractivity contribution in [1.82, 2.24) is 10.2 Å². The molecule has 6 heteroatoms. The molecule has 6 nitrogen and oxygen atoms in total. The van der Waals surface area contributed by atoms with Gasteiger partial charge in [-0.3, -0.25) is 0 Å². The summed E-state index contributed by atoms with van der Waals surface area (Å²) < 4.78 is 5.33.